The van der Waals surface area contributed by atoms with Gasteiger partial charge < -0.3 is 20.4 Å². The van der Waals surface area contributed by atoms with Crippen molar-refractivity contribution in [3.05, 3.63) is 46.4 Å². The number of amides is 1. The summed E-state index contributed by atoms with van der Waals surface area (Å²) in [4.78, 5) is 30.7. The second kappa shape index (κ2) is 10.6. The lowest BCUT2D eigenvalue weighted by molar-refractivity contribution is -0.115. The van der Waals surface area contributed by atoms with Gasteiger partial charge in [-0.2, -0.15) is 0 Å². The van der Waals surface area contributed by atoms with Crippen LogP contribution in [0, 0.1) is 0 Å². The Kier molecular flexibility index (Phi) is 8.83. The Morgan fingerprint density at radius 2 is 2.12 bits per heavy atom. The number of carbonyl (C=O) groups excluding carboxylic acids is 1. The Balaban J connectivity index is 0.00000312. The summed E-state index contributed by atoms with van der Waals surface area (Å²) < 4.78 is 4.90. The molecule has 0 aliphatic rings. The number of anilines is 1. The average molecular weight is 367 g/mol. The second-order valence-corrected chi connectivity index (χ2v) is 5.24. The summed E-state index contributed by atoms with van der Waals surface area (Å²) in [6, 6.07) is 8.70. The number of aromatic nitrogens is 2. The zero-order valence-corrected chi connectivity index (χ0v) is 15.1. The SMILES string of the molecule is CCc1cc(=O)[nH]c(-c2cccc(NC(=O)CNCCOC)c2)n1.Cl. The normalized spacial score (nSPS) is 10.2. The number of aryl methyl sites for hydroxylation is 1. The first kappa shape index (κ1) is 20.8. The predicted octanol–water partition coefficient (Wildman–Crippen LogP) is 1.60. The van der Waals surface area contributed by atoms with Crippen LogP contribution in [0.3, 0.4) is 0 Å². The van der Waals surface area contributed by atoms with Gasteiger partial charge in [0.05, 0.1) is 13.2 Å². The molecule has 0 aliphatic heterocycles. The van der Waals surface area contributed by atoms with Crippen molar-refractivity contribution < 1.29 is 9.53 Å². The van der Waals surface area contributed by atoms with E-state index < -0.39 is 0 Å². The van der Waals surface area contributed by atoms with Crippen molar-refractivity contribution in [1.29, 1.82) is 0 Å². The zero-order valence-electron chi connectivity index (χ0n) is 14.3. The predicted molar refractivity (Wildman–Crippen MR) is 100 cm³/mol. The topological polar surface area (TPSA) is 96.1 Å². The fourth-order valence-electron chi connectivity index (χ4n) is 2.15. The molecule has 1 heterocycles. The van der Waals surface area contributed by atoms with E-state index in [1.165, 1.54) is 6.07 Å². The number of hydrogen-bond acceptors (Lipinski definition) is 5. The first-order chi connectivity index (χ1) is 11.6. The van der Waals surface area contributed by atoms with E-state index in [1.54, 1.807) is 19.2 Å². The average Bonchev–Trinajstić information content (AvgIpc) is 2.58. The van der Waals surface area contributed by atoms with Crippen LogP contribution >= 0.6 is 12.4 Å². The molecule has 0 saturated heterocycles. The molecule has 8 heteroatoms. The van der Waals surface area contributed by atoms with E-state index in [4.69, 9.17) is 4.74 Å². The minimum absolute atomic E-state index is 0. The molecule has 0 bridgehead atoms. The minimum Gasteiger partial charge on any atom is -0.383 e. The third-order valence-corrected chi connectivity index (χ3v) is 3.35. The lowest BCUT2D eigenvalue weighted by atomic mass is 10.1. The maximum Gasteiger partial charge on any atom is 0.251 e. The molecule has 2 rings (SSSR count). The van der Waals surface area contributed by atoms with Crippen LogP contribution in [0.15, 0.2) is 35.1 Å². The Labute approximate surface area is 152 Å². The van der Waals surface area contributed by atoms with Crippen LogP contribution in [0.1, 0.15) is 12.6 Å². The lowest BCUT2D eigenvalue weighted by Crippen LogP contribution is -2.30. The summed E-state index contributed by atoms with van der Waals surface area (Å²) >= 11 is 0. The largest absolute Gasteiger partial charge is 0.383 e. The van der Waals surface area contributed by atoms with Gasteiger partial charge in [-0.15, -0.1) is 12.4 Å². The molecular weight excluding hydrogens is 344 g/mol. The monoisotopic (exact) mass is 366 g/mol. The fraction of sp³-hybridized carbons (Fsp3) is 0.353. The Bertz CT molecular complexity index is 749. The Morgan fingerprint density at radius 1 is 1.32 bits per heavy atom. The van der Waals surface area contributed by atoms with E-state index in [0.717, 1.165) is 11.3 Å². The molecule has 0 atom stereocenters. The molecule has 7 nitrogen and oxygen atoms in total. The number of rotatable bonds is 8. The number of carbonyl (C=O) groups is 1. The number of aromatic amines is 1. The molecule has 0 spiro atoms. The van der Waals surface area contributed by atoms with Gasteiger partial charge in [0.2, 0.25) is 5.91 Å². The van der Waals surface area contributed by atoms with E-state index in [9.17, 15) is 9.59 Å². The van der Waals surface area contributed by atoms with Crippen LogP contribution in [0.2, 0.25) is 0 Å². The van der Waals surface area contributed by atoms with Crippen LogP contribution in [0.4, 0.5) is 5.69 Å². The quantitative estimate of drug-likeness (QED) is 0.617. The van der Waals surface area contributed by atoms with Gasteiger partial charge in [-0.3, -0.25) is 9.59 Å². The number of H-pyrrole nitrogens is 1. The van der Waals surface area contributed by atoms with Gasteiger partial charge in [0.15, 0.2) is 0 Å². The maximum absolute atomic E-state index is 11.9. The number of ether oxygens (including phenoxy) is 1. The molecule has 0 saturated carbocycles. The van der Waals surface area contributed by atoms with E-state index in [-0.39, 0.29) is 30.4 Å². The van der Waals surface area contributed by atoms with Gasteiger partial charge in [-0.1, -0.05) is 19.1 Å². The molecule has 2 aromatic rings. The molecule has 25 heavy (non-hydrogen) atoms. The van der Waals surface area contributed by atoms with Crippen molar-refractivity contribution in [2.45, 2.75) is 13.3 Å². The van der Waals surface area contributed by atoms with Crippen molar-refractivity contribution in [3.63, 3.8) is 0 Å². The molecular formula is C17H23ClN4O3. The number of nitrogens with zero attached hydrogens (tertiary/aromatic N) is 1. The van der Waals surface area contributed by atoms with Gasteiger partial charge in [-0.25, -0.2) is 4.98 Å². The summed E-state index contributed by atoms with van der Waals surface area (Å²) in [6.45, 7) is 3.31. The second-order valence-electron chi connectivity index (χ2n) is 5.24. The molecule has 1 aromatic carbocycles. The lowest BCUT2D eigenvalue weighted by Gasteiger charge is -2.08. The molecule has 1 aromatic heterocycles. The van der Waals surface area contributed by atoms with Crippen LogP contribution in [0.5, 0.6) is 0 Å². The summed E-state index contributed by atoms with van der Waals surface area (Å²) in [5.74, 6) is 0.348. The summed E-state index contributed by atoms with van der Waals surface area (Å²) in [6.07, 6.45) is 0.681. The summed E-state index contributed by atoms with van der Waals surface area (Å²) in [5.41, 5.74) is 1.93. The van der Waals surface area contributed by atoms with Gasteiger partial charge in [0, 0.05) is 36.7 Å². The number of benzene rings is 1. The Hall–Kier alpha value is -2.22. The standard InChI is InChI=1S/C17H22N4O3.ClH/c1-3-13-10-15(22)21-17(20-13)12-5-4-6-14(9-12)19-16(23)11-18-7-8-24-2;/h4-6,9-10,18H,3,7-8,11H2,1-2H3,(H,19,23)(H,20,21,22);1H. The van der Waals surface area contributed by atoms with Crippen molar-refractivity contribution in [3.8, 4) is 11.4 Å². The zero-order chi connectivity index (χ0) is 17.4. The first-order valence-electron chi connectivity index (χ1n) is 7.82. The van der Waals surface area contributed by atoms with Crippen LogP contribution in [-0.4, -0.2) is 42.7 Å². The highest BCUT2D eigenvalue weighted by atomic mass is 35.5. The fourth-order valence-corrected chi connectivity index (χ4v) is 2.15. The van der Waals surface area contributed by atoms with E-state index in [1.807, 2.05) is 19.1 Å². The van der Waals surface area contributed by atoms with E-state index in [0.29, 0.717) is 31.1 Å². The number of methoxy groups -OCH3 is 1. The highest BCUT2D eigenvalue weighted by molar-refractivity contribution is 5.92. The molecule has 0 radical (unpaired) electrons. The van der Waals surface area contributed by atoms with E-state index in [2.05, 4.69) is 20.6 Å². The minimum atomic E-state index is -0.186. The number of hydrogen-bond donors (Lipinski definition) is 3. The highest BCUT2D eigenvalue weighted by Gasteiger charge is 2.06. The van der Waals surface area contributed by atoms with Crippen molar-refractivity contribution in [1.82, 2.24) is 15.3 Å². The van der Waals surface area contributed by atoms with Crippen molar-refractivity contribution >= 4 is 24.0 Å². The molecule has 136 valence electrons. The molecule has 0 aliphatic carbocycles. The number of nitrogens with one attached hydrogen (secondary N) is 3. The third-order valence-electron chi connectivity index (χ3n) is 3.35. The van der Waals surface area contributed by atoms with E-state index >= 15 is 0 Å². The van der Waals surface area contributed by atoms with Crippen molar-refractivity contribution in [2.75, 3.05) is 32.1 Å². The maximum atomic E-state index is 11.9. The third kappa shape index (κ3) is 6.66. The van der Waals surface area contributed by atoms with Gasteiger partial charge in [-0.05, 0) is 18.6 Å². The molecule has 0 unspecified atom stereocenters. The van der Waals surface area contributed by atoms with Crippen LogP contribution in [0.25, 0.3) is 11.4 Å². The van der Waals surface area contributed by atoms with Crippen molar-refractivity contribution in [2.24, 2.45) is 0 Å². The highest BCUT2D eigenvalue weighted by Crippen LogP contribution is 2.18. The summed E-state index contributed by atoms with van der Waals surface area (Å²) in [5, 5.41) is 5.79. The molecule has 3 N–H and O–H groups in total. The van der Waals surface area contributed by atoms with Gasteiger partial charge in [0.1, 0.15) is 5.82 Å². The van der Waals surface area contributed by atoms with Crippen LogP contribution in [-0.2, 0) is 16.0 Å². The number of halogens is 1. The molecule has 1 amide bonds. The van der Waals surface area contributed by atoms with Crippen LogP contribution < -0.4 is 16.2 Å². The van der Waals surface area contributed by atoms with Gasteiger partial charge in [0.25, 0.3) is 5.56 Å². The summed E-state index contributed by atoms with van der Waals surface area (Å²) in [7, 11) is 1.61. The van der Waals surface area contributed by atoms with Gasteiger partial charge >= 0.3 is 0 Å². The Morgan fingerprint density at radius 3 is 2.84 bits per heavy atom. The molecule has 0 fully saturated rings. The smallest absolute Gasteiger partial charge is 0.251 e. The first-order valence-corrected chi connectivity index (χ1v) is 7.82.